The number of carbonyl (C=O) groups is 1. The number of hydrogen-bond donors (Lipinski definition) is 2. The van der Waals surface area contributed by atoms with Gasteiger partial charge in [0.15, 0.2) is 0 Å². The van der Waals surface area contributed by atoms with E-state index in [9.17, 15) is 4.79 Å². The van der Waals surface area contributed by atoms with Crippen LogP contribution in [0.3, 0.4) is 0 Å². The lowest BCUT2D eigenvalue weighted by Gasteiger charge is -2.27. The number of unbranched alkanes of at least 4 members (excludes halogenated alkanes) is 4. The maximum absolute atomic E-state index is 9.76. The fourth-order valence-corrected chi connectivity index (χ4v) is 1.58. The molecule has 3 heteroatoms. The number of rotatable bonds is 9. The van der Waals surface area contributed by atoms with Crippen molar-refractivity contribution in [2.24, 2.45) is 11.7 Å². The first-order valence-electron chi connectivity index (χ1n) is 7.76. The van der Waals surface area contributed by atoms with E-state index < -0.39 is 5.97 Å². The van der Waals surface area contributed by atoms with E-state index in [0.29, 0.717) is 12.3 Å². The Morgan fingerprint density at radius 1 is 1.11 bits per heavy atom. The standard InChI is InChI=1S/C11H25N.C5H10O2/c1-5-6-7-8-9-10(2)11(3,4)12;1-2-3-4-5(6)7/h10H,5-9,12H2,1-4H3;2-4H2,1H3,(H,6,7). The highest BCUT2D eigenvalue weighted by Gasteiger charge is 2.19. The Labute approximate surface area is 120 Å². The molecule has 0 aliphatic heterocycles. The van der Waals surface area contributed by atoms with Crippen molar-refractivity contribution in [2.45, 2.75) is 91.5 Å². The van der Waals surface area contributed by atoms with E-state index in [-0.39, 0.29) is 5.54 Å². The largest absolute Gasteiger partial charge is 0.481 e. The molecule has 0 spiro atoms. The normalized spacial score (nSPS) is 12.5. The lowest BCUT2D eigenvalue weighted by Crippen LogP contribution is -2.39. The van der Waals surface area contributed by atoms with Gasteiger partial charge in [0.05, 0.1) is 0 Å². The van der Waals surface area contributed by atoms with Crippen molar-refractivity contribution in [2.75, 3.05) is 0 Å². The first-order valence-corrected chi connectivity index (χ1v) is 7.76. The van der Waals surface area contributed by atoms with Gasteiger partial charge in [-0.1, -0.05) is 52.9 Å². The van der Waals surface area contributed by atoms with Crippen LogP contribution in [0, 0.1) is 5.92 Å². The summed E-state index contributed by atoms with van der Waals surface area (Å²) in [6, 6.07) is 0. The van der Waals surface area contributed by atoms with E-state index in [1.54, 1.807) is 0 Å². The summed E-state index contributed by atoms with van der Waals surface area (Å²) >= 11 is 0. The summed E-state index contributed by atoms with van der Waals surface area (Å²) in [5, 5.41) is 8.04. The van der Waals surface area contributed by atoms with Crippen LogP contribution in [0.25, 0.3) is 0 Å². The van der Waals surface area contributed by atoms with Crippen molar-refractivity contribution >= 4 is 5.97 Å². The second-order valence-corrected chi connectivity index (χ2v) is 6.07. The van der Waals surface area contributed by atoms with E-state index in [1.165, 1.54) is 32.1 Å². The van der Waals surface area contributed by atoms with Gasteiger partial charge in [0, 0.05) is 12.0 Å². The number of nitrogens with two attached hydrogens (primary N) is 1. The quantitative estimate of drug-likeness (QED) is 0.604. The van der Waals surface area contributed by atoms with Gasteiger partial charge in [-0.15, -0.1) is 0 Å². The molecule has 0 aromatic heterocycles. The number of aliphatic carboxylic acids is 1. The van der Waals surface area contributed by atoms with Crippen LogP contribution in [0.5, 0.6) is 0 Å². The van der Waals surface area contributed by atoms with Gasteiger partial charge in [-0.25, -0.2) is 0 Å². The minimum Gasteiger partial charge on any atom is -0.481 e. The molecule has 0 aliphatic carbocycles. The van der Waals surface area contributed by atoms with Crippen LogP contribution in [0.2, 0.25) is 0 Å². The van der Waals surface area contributed by atoms with Gasteiger partial charge in [-0.3, -0.25) is 4.79 Å². The van der Waals surface area contributed by atoms with Gasteiger partial charge in [-0.05, 0) is 32.6 Å². The van der Waals surface area contributed by atoms with Crippen molar-refractivity contribution in [3.05, 3.63) is 0 Å². The second kappa shape index (κ2) is 12.5. The highest BCUT2D eigenvalue weighted by Crippen LogP contribution is 2.19. The van der Waals surface area contributed by atoms with Crippen LogP contribution in [-0.4, -0.2) is 16.6 Å². The Bertz CT molecular complexity index is 209. The van der Waals surface area contributed by atoms with Gasteiger partial charge in [0.25, 0.3) is 0 Å². The SMILES string of the molecule is CCCCC(=O)O.CCCCCCC(C)C(C)(C)N. The molecule has 0 amide bonds. The van der Waals surface area contributed by atoms with Gasteiger partial charge in [-0.2, -0.15) is 0 Å². The predicted octanol–water partition coefficient (Wildman–Crippen LogP) is 4.59. The molecule has 1 unspecified atom stereocenters. The summed E-state index contributed by atoms with van der Waals surface area (Å²) in [6.07, 6.45) is 8.77. The maximum Gasteiger partial charge on any atom is 0.303 e. The third-order valence-corrected chi connectivity index (χ3v) is 3.51. The second-order valence-electron chi connectivity index (χ2n) is 6.07. The van der Waals surface area contributed by atoms with Crippen LogP contribution < -0.4 is 5.73 Å². The van der Waals surface area contributed by atoms with Crippen molar-refractivity contribution in [1.29, 1.82) is 0 Å². The average Bonchev–Trinajstić information content (AvgIpc) is 2.31. The predicted molar refractivity (Wildman–Crippen MR) is 83.4 cm³/mol. The van der Waals surface area contributed by atoms with Crippen LogP contribution >= 0.6 is 0 Å². The molecule has 0 fully saturated rings. The smallest absolute Gasteiger partial charge is 0.303 e. The molecule has 1 atom stereocenters. The maximum atomic E-state index is 9.76. The zero-order valence-corrected chi connectivity index (χ0v) is 13.7. The average molecular weight is 273 g/mol. The van der Waals surface area contributed by atoms with Crippen LogP contribution in [0.15, 0.2) is 0 Å². The topological polar surface area (TPSA) is 63.3 Å². The Morgan fingerprint density at radius 2 is 1.63 bits per heavy atom. The third-order valence-electron chi connectivity index (χ3n) is 3.51. The molecule has 0 radical (unpaired) electrons. The molecule has 0 saturated heterocycles. The lowest BCUT2D eigenvalue weighted by atomic mass is 9.86. The monoisotopic (exact) mass is 273 g/mol. The molecule has 3 nitrogen and oxygen atoms in total. The van der Waals surface area contributed by atoms with Crippen molar-refractivity contribution in [3.8, 4) is 0 Å². The molecule has 19 heavy (non-hydrogen) atoms. The summed E-state index contributed by atoms with van der Waals surface area (Å²) in [5.74, 6) is -0.0452. The van der Waals surface area contributed by atoms with E-state index in [1.807, 2.05) is 6.92 Å². The molecule has 116 valence electrons. The van der Waals surface area contributed by atoms with Gasteiger partial charge in [0.1, 0.15) is 0 Å². The summed E-state index contributed by atoms with van der Waals surface area (Å²) in [5.41, 5.74) is 6.00. The fourth-order valence-electron chi connectivity index (χ4n) is 1.58. The Kier molecular flexibility index (Phi) is 13.6. The highest BCUT2D eigenvalue weighted by atomic mass is 16.4. The van der Waals surface area contributed by atoms with E-state index in [4.69, 9.17) is 10.8 Å². The Hall–Kier alpha value is -0.570. The Morgan fingerprint density at radius 3 is 1.95 bits per heavy atom. The van der Waals surface area contributed by atoms with Gasteiger partial charge >= 0.3 is 5.97 Å². The summed E-state index contributed by atoms with van der Waals surface area (Å²) in [6.45, 7) is 10.7. The molecule has 3 N–H and O–H groups in total. The molecule has 0 aromatic carbocycles. The fraction of sp³-hybridized carbons (Fsp3) is 0.938. The van der Waals surface area contributed by atoms with Crippen molar-refractivity contribution < 1.29 is 9.90 Å². The number of carboxylic acids is 1. The molecule has 0 bridgehead atoms. The number of hydrogen-bond acceptors (Lipinski definition) is 2. The molecule has 0 heterocycles. The summed E-state index contributed by atoms with van der Waals surface area (Å²) in [4.78, 5) is 9.76. The molecular formula is C16H35NO2. The lowest BCUT2D eigenvalue weighted by molar-refractivity contribution is -0.137. The third kappa shape index (κ3) is 17.4. The van der Waals surface area contributed by atoms with E-state index in [0.717, 1.165) is 12.8 Å². The highest BCUT2D eigenvalue weighted by molar-refractivity contribution is 5.66. The zero-order chi connectivity index (χ0) is 15.3. The zero-order valence-electron chi connectivity index (χ0n) is 13.7. The van der Waals surface area contributed by atoms with Crippen molar-refractivity contribution in [1.82, 2.24) is 0 Å². The van der Waals surface area contributed by atoms with Gasteiger partial charge in [0.2, 0.25) is 0 Å². The van der Waals surface area contributed by atoms with Crippen LogP contribution in [-0.2, 0) is 4.79 Å². The first-order chi connectivity index (χ1) is 8.75. The van der Waals surface area contributed by atoms with Crippen LogP contribution in [0.1, 0.15) is 86.0 Å². The molecule has 0 saturated carbocycles. The molecule has 0 aliphatic rings. The molecule has 0 aromatic rings. The molecule has 0 rings (SSSR count). The summed E-state index contributed by atoms with van der Waals surface area (Å²) < 4.78 is 0. The first kappa shape index (κ1) is 20.7. The van der Waals surface area contributed by atoms with E-state index in [2.05, 4.69) is 27.7 Å². The van der Waals surface area contributed by atoms with Crippen LogP contribution in [0.4, 0.5) is 0 Å². The number of carboxylic acid groups (broad SMARTS) is 1. The minimum absolute atomic E-state index is 0.00617. The van der Waals surface area contributed by atoms with Crippen molar-refractivity contribution in [3.63, 3.8) is 0 Å². The van der Waals surface area contributed by atoms with Gasteiger partial charge < -0.3 is 10.8 Å². The molecular weight excluding hydrogens is 238 g/mol. The summed E-state index contributed by atoms with van der Waals surface area (Å²) in [7, 11) is 0. The van der Waals surface area contributed by atoms with E-state index >= 15 is 0 Å². The minimum atomic E-state index is -0.693. The Balaban J connectivity index is 0.